The number of nitrogens with one attached hydrogen (secondary N) is 2. The highest BCUT2D eigenvalue weighted by Gasteiger charge is 2.08. The zero-order valence-electron chi connectivity index (χ0n) is 9.36. The lowest BCUT2D eigenvalue weighted by Crippen LogP contribution is -2.28. The van der Waals surface area contributed by atoms with Gasteiger partial charge < -0.3 is 20.0 Å². The maximum absolute atomic E-state index is 11.2. The van der Waals surface area contributed by atoms with E-state index in [9.17, 15) is 9.59 Å². The first-order chi connectivity index (χ1) is 8.10. The monoisotopic (exact) mass is 235 g/mol. The van der Waals surface area contributed by atoms with Crippen molar-refractivity contribution in [2.45, 2.75) is 6.54 Å². The molecule has 2 rings (SSSR count). The molecule has 1 aromatic carbocycles. The van der Waals surface area contributed by atoms with Crippen LogP contribution in [0, 0.1) is 0 Å². The third kappa shape index (κ3) is 2.36. The molecule has 17 heavy (non-hydrogen) atoms. The summed E-state index contributed by atoms with van der Waals surface area (Å²) in [4.78, 5) is 29.0. The number of carbonyl (C=O) groups is 1. The van der Waals surface area contributed by atoms with E-state index in [4.69, 9.17) is 5.11 Å². The lowest BCUT2D eigenvalue weighted by Gasteiger charge is -2.15. The summed E-state index contributed by atoms with van der Waals surface area (Å²) in [6.07, 6.45) is 0. The van der Waals surface area contributed by atoms with Crippen molar-refractivity contribution in [1.29, 1.82) is 0 Å². The van der Waals surface area contributed by atoms with E-state index in [1.165, 1.54) is 4.90 Å². The molecule has 1 amide bonds. The summed E-state index contributed by atoms with van der Waals surface area (Å²) in [7, 11) is 1.61. The highest BCUT2D eigenvalue weighted by molar-refractivity contribution is 5.77. The smallest absolute Gasteiger partial charge is 0.323 e. The van der Waals surface area contributed by atoms with Crippen molar-refractivity contribution in [2.75, 3.05) is 13.7 Å². The number of hydrogen-bond acceptors (Lipinski definition) is 3. The minimum Gasteiger partial charge on any atom is -0.387 e. The molecule has 0 aliphatic carbocycles. The Labute approximate surface area is 96.9 Å². The normalized spacial score (nSPS) is 10.7. The Morgan fingerprint density at radius 1 is 1.35 bits per heavy atom. The average Bonchev–Trinajstić information content (AvgIpc) is 2.67. The summed E-state index contributed by atoms with van der Waals surface area (Å²) >= 11 is 0. The number of aliphatic hydroxyl groups is 1. The Kier molecular flexibility index (Phi) is 2.97. The average molecular weight is 235 g/mol. The second kappa shape index (κ2) is 4.42. The van der Waals surface area contributed by atoms with Crippen LogP contribution >= 0.6 is 0 Å². The van der Waals surface area contributed by atoms with E-state index in [-0.39, 0.29) is 11.6 Å². The first-order valence-corrected chi connectivity index (χ1v) is 5.16. The number of likely N-dealkylation sites (N-methyl/N-ethyl adjacent to an activating group) is 1. The summed E-state index contributed by atoms with van der Waals surface area (Å²) in [6.45, 7) is -0.109. The number of aromatic amines is 2. The van der Waals surface area contributed by atoms with Crippen molar-refractivity contribution in [3.63, 3.8) is 0 Å². The number of H-pyrrole nitrogens is 2. The summed E-state index contributed by atoms with van der Waals surface area (Å²) in [5, 5.41) is 8.71. The van der Waals surface area contributed by atoms with E-state index in [0.717, 1.165) is 11.1 Å². The van der Waals surface area contributed by atoms with Crippen LogP contribution in [-0.4, -0.2) is 39.5 Å². The molecule has 6 heteroatoms. The zero-order valence-corrected chi connectivity index (χ0v) is 9.36. The van der Waals surface area contributed by atoms with Gasteiger partial charge in [-0.15, -0.1) is 0 Å². The molecule has 0 aliphatic rings. The minimum absolute atomic E-state index is 0.253. The molecule has 3 N–H and O–H groups in total. The maximum atomic E-state index is 11.2. The third-order valence-corrected chi connectivity index (χ3v) is 2.56. The van der Waals surface area contributed by atoms with Crippen molar-refractivity contribution in [3.8, 4) is 0 Å². The van der Waals surface area contributed by atoms with Crippen molar-refractivity contribution in [3.05, 3.63) is 34.2 Å². The van der Waals surface area contributed by atoms with Gasteiger partial charge in [-0.1, -0.05) is 6.07 Å². The van der Waals surface area contributed by atoms with Crippen LogP contribution in [0.25, 0.3) is 11.0 Å². The Morgan fingerprint density at radius 2 is 2.06 bits per heavy atom. The van der Waals surface area contributed by atoms with E-state index in [2.05, 4.69) is 9.97 Å². The fraction of sp³-hybridized carbons (Fsp3) is 0.273. The molecule has 0 aliphatic heterocycles. The number of imidazole rings is 1. The van der Waals surface area contributed by atoms with Crippen LogP contribution in [0.2, 0.25) is 0 Å². The maximum Gasteiger partial charge on any atom is 0.323 e. The van der Waals surface area contributed by atoms with E-state index in [1.54, 1.807) is 19.2 Å². The van der Waals surface area contributed by atoms with Gasteiger partial charge in [0, 0.05) is 13.6 Å². The molecule has 6 nitrogen and oxygen atoms in total. The Balaban J connectivity index is 2.24. The predicted octanol–water partition coefficient (Wildman–Crippen LogP) is -0.193. The fourth-order valence-electron chi connectivity index (χ4n) is 1.66. The molecule has 1 heterocycles. The minimum atomic E-state index is -0.500. The molecule has 1 aromatic heterocycles. The number of nitrogens with zero attached hydrogens (tertiary/aromatic N) is 1. The molecule has 0 atom stereocenters. The Bertz CT molecular complexity index is 599. The Hall–Kier alpha value is -2.08. The van der Waals surface area contributed by atoms with E-state index in [0.29, 0.717) is 12.1 Å². The van der Waals surface area contributed by atoms with Gasteiger partial charge in [0.25, 0.3) is 0 Å². The first kappa shape index (κ1) is 11.4. The van der Waals surface area contributed by atoms with Gasteiger partial charge in [0.1, 0.15) is 6.61 Å². The van der Waals surface area contributed by atoms with Gasteiger partial charge in [-0.05, 0) is 17.7 Å². The van der Waals surface area contributed by atoms with Gasteiger partial charge in [0.05, 0.1) is 11.0 Å². The molecule has 0 fully saturated rings. The molecule has 0 unspecified atom stereocenters. The molecular formula is C11H13N3O3. The molecule has 0 radical (unpaired) electrons. The number of benzene rings is 1. The van der Waals surface area contributed by atoms with Gasteiger partial charge in [-0.2, -0.15) is 0 Å². The fourth-order valence-corrected chi connectivity index (χ4v) is 1.66. The van der Waals surface area contributed by atoms with Crippen LogP contribution in [0.3, 0.4) is 0 Å². The first-order valence-electron chi connectivity index (χ1n) is 5.16. The number of aromatic nitrogens is 2. The number of hydrogen-bond donors (Lipinski definition) is 3. The molecule has 0 bridgehead atoms. The number of carbonyl (C=O) groups excluding carboxylic acids is 1. The zero-order chi connectivity index (χ0) is 12.4. The van der Waals surface area contributed by atoms with Crippen molar-refractivity contribution < 1.29 is 9.90 Å². The van der Waals surface area contributed by atoms with E-state index < -0.39 is 6.61 Å². The van der Waals surface area contributed by atoms with Crippen molar-refractivity contribution in [1.82, 2.24) is 14.9 Å². The highest BCUT2D eigenvalue weighted by atomic mass is 16.3. The molecule has 2 aromatic rings. The van der Waals surface area contributed by atoms with Gasteiger partial charge >= 0.3 is 5.69 Å². The second-order valence-electron chi connectivity index (χ2n) is 3.87. The Morgan fingerprint density at radius 3 is 2.76 bits per heavy atom. The molecular weight excluding hydrogens is 222 g/mol. The van der Waals surface area contributed by atoms with Crippen molar-refractivity contribution >= 4 is 16.9 Å². The van der Waals surface area contributed by atoms with Crippen molar-refractivity contribution in [2.24, 2.45) is 0 Å². The van der Waals surface area contributed by atoms with Gasteiger partial charge in [-0.3, -0.25) is 4.79 Å². The highest BCUT2D eigenvalue weighted by Crippen LogP contribution is 2.11. The molecule has 0 saturated heterocycles. The molecule has 90 valence electrons. The predicted molar refractivity (Wildman–Crippen MR) is 62.5 cm³/mol. The van der Waals surface area contributed by atoms with Crippen LogP contribution in [-0.2, 0) is 11.3 Å². The van der Waals surface area contributed by atoms with Gasteiger partial charge in [0.2, 0.25) is 5.91 Å². The lowest BCUT2D eigenvalue weighted by molar-refractivity contribution is -0.133. The number of rotatable bonds is 3. The van der Waals surface area contributed by atoms with E-state index in [1.807, 2.05) is 6.07 Å². The van der Waals surface area contributed by atoms with Crippen LogP contribution in [0.4, 0.5) is 0 Å². The number of fused-ring (bicyclic) bond motifs is 1. The molecule has 0 spiro atoms. The summed E-state index contributed by atoms with van der Waals surface area (Å²) in [5.74, 6) is -0.340. The lowest BCUT2D eigenvalue weighted by atomic mass is 10.2. The van der Waals surface area contributed by atoms with Crippen LogP contribution in [0.1, 0.15) is 5.56 Å². The largest absolute Gasteiger partial charge is 0.387 e. The van der Waals surface area contributed by atoms with Crippen LogP contribution < -0.4 is 5.69 Å². The number of amides is 1. The third-order valence-electron chi connectivity index (χ3n) is 2.56. The summed E-state index contributed by atoms with van der Waals surface area (Å²) in [5.41, 5.74) is 2.07. The van der Waals surface area contributed by atoms with Gasteiger partial charge in [0.15, 0.2) is 0 Å². The standard InChI is InChI=1S/C11H13N3O3/c1-14(10(16)6-15)5-7-2-3-8-9(4-7)13-11(17)12-8/h2-4,15H,5-6H2,1H3,(H2,12,13,17). The summed E-state index contributed by atoms with van der Waals surface area (Å²) < 4.78 is 0. The topological polar surface area (TPSA) is 89.2 Å². The van der Waals surface area contributed by atoms with Crippen LogP contribution in [0.5, 0.6) is 0 Å². The summed E-state index contributed by atoms with van der Waals surface area (Å²) in [6, 6.07) is 5.40. The number of aliphatic hydroxyl groups excluding tert-OH is 1. The van der Waals surface area contributed by atoms with Gasteiger partial charge in [-0.25, -0.2) is 4.79 Å². The quantitative estimate of drug-likeness (QED) is 0.688. The van der Waals surface area contributed by atoms with E-state index >= 15 is 0 Å². The molecule has 0 saturated carbocycles. The SMILES string of the molecule is CN(Cc1ccc2[nH]c(=O)[nH]c2c1)C(=O)CO. The van der Waals surface area contributed by atoms with Crippen LogP contribution in [0.15, 0.2) is 23.0 Å². The second-order valence-corrected chi connectivity index (χ2v) is 3.87.